The van der Waals surface area contributed by atoms with Gasteiger partial charge in [0.1, 0.15) is 5.82 Å². The van der Waals surface area contributed by atoms with Crippen LogP contribution in [0, 0.1) is 13.8 Å². The Morgan fingerprint density at radius 1 is 0.950 bits per heavy atom. The fourth-order valence-corrected chi connectivity index (χ4v) is 2.08. The molecule has 1 aromatic carbocycles. The van der Waals surface area contributed by atoms with Gasteiger partial charge in [-0.3, -0.25) is 0 Å². The molecule has 20 heavy (non-hydrogen) atoms. The molecule has 0 aliphatic rings. The fourth-order valence-electron chi connectivity index (χ4n) is 2.08. The summed E-state index contributed by atoms with van der Waals surface area (Å²) >= 11 is 0. The molecule has 3 aromatic rings. The molecule has 0 aliphatic heterocycles. The zero-order valence-electron chi connectivity index (χ0n) is 11.5. The van der Waals surface area contributed by atoms with Gasteiger partial charge in [-0.1, -0.05) is 29.8 Å². The summed E-state index contributed by atoms with van der Waals surface area (Å²) in [4.78, 5) is 4.31. The highest BCUT2D eigenvalue weighted by Gasteiger charge is 2.09. The largest absolute Gasteiger partial charge is 0.384 e. The summed E-state index contributed by atoms with van der Waals surface area (Å²) in [5, 5.41) is 4.55. The Morgan fingerprint density at radius 3 is 2.40 bits per heavy atom. The van der Waals surface area contributed by atoms with E-state index in [0.717, 1.165) is 22.6 Å². The van der Waals surface area contributed by atoms with Crippen LogP contribution in [0.5, 0.6) is 0 Å². The zero-order valence-corrected chi connectivity index (χ0v) is 11.5. The number of pyridine rings is 1. The quantitative estimate of drug-likeness (QED) is 0.773. The van der Waals surface area contributed by atoms with Crippen LogP contribution in [0.2, 0.25) is 0 Å². The molecule has 0 unspecified atom stereocenters. The van der Waals surface area contributed by atoms with Crippen molar-refractivity contribution in [1.29, 1.82) is 0 Å². The molecule has 0 amide bonds. The summed E-state index contributed by atoms with van der Waals surface area (Å²) in [5.74, 6) is 1.32. The van der Waals surface area contributed by atoms with E-state index < -0.39 is 0 Å². The van der Waals surface area contributed by atoms with Crippen molar-refractivity contribution in [1.82, 2.24) is 14.8 Å². The average molecular weight is 264 g/mol. The Balaban J connectivity index is 2.05. The topological polar surface area (TPSA) is 56.7 Å². The van der Waals surface area contributed by atoms with Gasteiger partial charge in [-0.15, -0.1) is 0 Å². The summed E-state index contributed by atoms with van der Waals surface area (Å²) in [6.45, 7) is 4.08. The molecule has 0 saturated carbocycles. The summed E-state index contributed by atoms with van der Waals surface area (Å²) in [6.07, 6.45) is 1.76. The van der Waals surface area contributed by atoms with Gasteiger partial charge in [0.25, 0.3) is 0 Å². The van der Waals surface area contributed by atoms with Crippen LogP contribution in [-0.2, 0) is 0 Å². The monoisotopic (exact) mass is 264 g/mol. The van der Waals surface area contributed by atoms with Gasteiger partial charge in [-0.05, 0) is 31.5 Å². The number of hydrogen-bond donors (Lipinski definition) is 1. The molecule has 4 heteroatoms. The van der Waals surface area contributed by atoms with Crippen molar-refractivity contribution in [2.24, 2.45) is 0 Å². The molecule has 2 N–H and O–H groups in total. The van der Waals surface area contributed by atoms with E-state index in [9.17, 15) is 0 Å². The number of nitrogens with zero attached hydrogens (tertiary/aromatic N) is 3. The standard InChI is InChI=1S/C16H16N4/c1-11-3-5-13(6-4-11)14-10-15(17)20(19-14)16-9-12(2)7-8-18-16/h3-10H,17H2,1-2H3. The predicted octanol–water partition coefficient (Wildman–Crippen LogP) is 3.13. The minimum atomic E-state index is 0.582. The van der Waals surface area contributed by atoms with E-state index >= 15 is 0 Å². The summed E-state index contributed by atoms with van der Waals surface area (Å²) < 4.78 is 1.67. The molecule has 0 fully saturated rings. The molecule has 2 aromatic heterocycles. The number of hydrogen-bond acceptors (Lipinski definition) is 3. The molecular formula is C16H16N4. The van der Waals surface area contributed by atoms with Crippen LogP contribution in [0.1, 0.15) is 11.1 Å². The van der Waals surface area contributed by atoms with Crippen molar-refractivity contribution in [3.8, 4) is 17.1 Å². The van der Waals surface area contributed by atoms with Crippen LogP contribution >= 0.6 is 0 Å². The molecule has 0 spiro atoms. The minimum absolute atomic E-state index is 0.582. The molecule has 0 saturated heterocycles. The fraction of sp³-hybridized carbons (Fsp3) is 0.125. The van der Waals surface area contributed by atoms with Crippen molar-refractivity contribution in [3.63, 3.8) is 0 Å². The Bertz CT molecular complexity index is 741. The second kappa shape index (κ2) is 4.81. The van der Waals surface area contributed by atoms with E-state index in [1.54, 1.807) is 10.9 Å². The number of aromatic nitrogens is 3. The minimum Gasteiger partial charge on any atom is -0.384 e. The third kappa shape index (κ3) is 2.28. The number of benzene rings is 1. The number of anilines is 1. The van der Waals surface area contributed by atoms with Crippen molar-refractivity contribution >= 4 is 5.82 Å². The lowest BCUT2D eigenvalue weighted by Gasteiger charge is -2.03. The third-order valence-corrected chi connectivity index (χ3v) is 3.20. The molecule has 0 radical (unpaired) electrons. The van der Waals surface area contributed by atoms with Crippen molar-refractivity contribution in [2.45, 2.75) is 13.8 Å². The van der Waals surface area contributed by atoms with E-state index in [0.29, 0.717) is 5.82 Å². The lowest BCUT2D eigenvalue weighted by atomic mass is 10.1. The molecular weight excluding hydrogens is 248 g/mol. The van der Waals surface area contributed by atoms with Crippen LogP contribution in [0.15, 0.2) is 48.7 Å². The lowest BCUT2D eigenvalue weighted by Crippen LogP contribution is -2.03. The molecule has 0 aliphatic carbocycles. The maximum Gasteiger partial charge on any atom is 0.155 e. The summed E-state index contributed by atoms with van der Waals surface area (Å²) in [5.41, 5.74) is 10.3. The van der Waals surface area contributed by atoms with Crippen LogP contribution in [0.25, 0.3) is 17.1 Å². The first-order valence-electron chi connectivity index (χ1n) is 6.49. The van der Waals surface area contributed by atoms with Gasteiger partial charge in [0.15, 0.2) is 5.82 Å². The third-order valence-electron chi connectivity index (χ3n) is 3.20. The molecule has 100 valence electrons. The smallest absolute Gasteiger partial charge is 0.155 e. The van der Waals surface area contributed by atoms with Gasteiger partial charge >= 0.3 is 0 Å². The molecule has 0 bridgehead atoms. The Morgan fingerprint density at radius 2 is 1.70 bits per heavy atom. The van der Waals surface area contributed by atoms with Crippen molar-refractivity contribution in [2.75, 3.05) is 5.73 Å². The Kier molecular flexibility index (Phi) is 2.99. The van der Waals surface area contributed by atoms with E-state index in [1.807, 2.05) is 37.3 Å². The Labute approximate surface area is 117 Å². The molecule has 2 heterocycles. The first-order valence-corrected chi connectivity index (χ1v) is 6.49. The van der Waals surface area contributed by atoms with Gasteiger partial charge in [-0.2, -0.15) is 9.78 Å². The Hall–Kier alpha value is -2.62. The van der Waals surface area contributed by atoms with Gasteiger partial charge in [0, 0.05) is 17.8 Å². The van der Waals surface area contributed by atoms with E-state index in [1.165, 1.54) is 5.56 Å². The van der Waals surface area contributed by atoms with E-state index in [2.05, 4.69) is 29.1 Å². The highest BCUT2D eigenvalue weighted by Crippen LogP contribution is 2.22. The van der Waals surface area contributed by atoms with Crippen LogP contribution in [-0.4, -0.2) is 14.8 Å². The molecule has 0 atom stereocenters. The second-order valence-corrected chi connectivity index (χ2v) is 4.92. The van der Waals surface area contributed by atoms with Gasteiger partial charge in [0.2, 0.25) is 0 Å². The predicted molar refractivity (Wildman–Crippen MR) is 80.7 cm³/mol. The van der Waals surface area contributed by atoms with E-state index in [-0.39, 0.29) is 0 Å². The van der Waals surface area contributed by atoms with Crippen LogP contribution in [0.3, 0.4) is 0 Å². The normalized spacial score (nSPS) is 10.7. The lowest BCUT2D eigenvalue weighted by molar-refractivity contribution is 0.858. The number of aryl methyl sites for hydroxylation is 2. The molecule has 4 nitrogen and oxygen atoms in total. The summed E-state index contributed by atoms with van der Waals surface area (Å²) in [6, 6.07) is 14.0. The van der Waals surface area contributed by atoms with E-state index in [4.69, 9.17) is 5.73 Å². The van der Waals surface area contributed by atoms with Gasteiger partial charge in [0.05, 0.1) is 5.69 Å². The summed E-state index contributed by atoms with van der Waals surface area (Å²) in [7, 11) is 0. The van der Waals surface area contributed by atoms with Crippen LogP contribution < -0.4 is 5.73 Å². The number of nitrogens with two attached hydrogens (primary N) is 1. The zero-order chi connectivity index (χ0) is 14.1. The maximum atomic E-state index is 6.05. The van der Waals surface area contributed by atoms with Crippen molar-refractivity contribution in [3.05, 3.63) is 59.8 Å². The van der Waals surface area contributed by atoms with Crippen molar-refractivity contribution < 1.29 is 0 Å². The van der Waals surface area contributed by atoms with Crippen LogP contribution in [0.4, 0.5) is 5.82 Å². The highest BCUT2D eigenvalue weighted by atomic mass is 15.3. The molecule has 3 rings (SSSR count). The van der Waals surface area contributed by atoms with Gasteiger partial charge < -0.3 is 5.73 Å². The number of nitrogen functional groups attached to an aromatic ring is 1. The highest BCUT2D eigenvalue weighted by molar-refractivity contribution is 5.63. The van der Waals surface area contributed by atoms with Gasteiger partial charge in [-0.25, -0.2) is 4.98 Å². The maximum absolute atomic E-state index is 6.05. The first-order chi connectivity index (χ1) is 9.63. The first kappa shape index (κ1) is 12.4. The SMILES string of the molecule is Cc1ccc(-c2cc(N)n(-c3cc(C)ccn3)n2)cc1. The average Bonchev–Trinajstić information content (AvgIpc) is 2.82. The second-order valence-electron chi connectivity index (χ2n) is 4.92. The number of rotatable bonds is 2.